The number of likely N-dealkylation sites (tertiary alicyclic amines) is 1. The minimum absolute atomic E-state index is 0.0349. The maximum atomic E-state index is 11.7. The molecule has 2 fully saturated rings. The van der Waals surface area contributed by atoms with Crippen molar-refractivity contribution in [1.29, 1.82) is 0 Å². The summed E-state index contributed by atoms with van der Waals surface area (Å²) in [4.78, 5) is 30.1. The van der Waals surface area contributed by atoms with Gasteiger partial charge in [-0.05, 0) is 50.4 Å². The second-order valence-electron chi connectivity index (χ2n) is 12.4. The van der Waals surface area contributed by atoms with Crippen LogP contribution in [0.25, 0.3) is 10.8 Å². The predicted molar refractivity (Wildman–Crippen MR) is 174 cm³/mol. The van der Waals surface area contributed by atoms with Crippen molar-refractivity contribution in [2.75, 3.05) is 49.6 Å². The Hall–Kier alpha value is -4.57. The third-order valence-corrected chi connectivity index (χ3v) is 9.39. The summed E-state index contributed by atoms with van der Waals surface area (Å²) in [7, 11) is 2.14. The van der Waals surface area contributed by atoms with Crippen LogP contribution in [0.4, 0.5) is 16.3 Å². The first-order valence-electron chi connectivity index (χ1n) is 15.8. The lowest BCUT2D eigenvalue weighted by molar-refractivity contribution is 0.136. The van der Waals surface area contributed by atoms with Gasteiger partial charge in [-0.2, -0.15) is 9.97 Å². The average Bonchev–Trinajstić information content (AvgIpc) is 3.68. The molecule has 45 heavy (non-hydrogen) atoms. The highest BCUT2D eigenvalue weighted by Crippen LogP contribution is 2.40. The first-order chi connectivity index (χ1) is 21.9. The minimum atomic E-state index is -0.883. The predicted octanol–water partition coefficient (Wildman–Crippen LogP) is 5.39. The van der Waals surface area contributed by atoms with Crippen LogP contribution in [-0.4, -0.2) is 82.9 Å². The molecule has 7 rings (SSSR count). The summed E-state index contributed by atoms with van der Waals surface area (Å²) in [5.41, 5.74) is 4.21. The molecular formula is C35H40N6O4. The first-order valence-corrected chi connectivity index (χ1v) is 15.8. The molecule has 0 aliphatic carbocycles. The number of amides is 1. The number of carbonyl (C=O) groups is 1. The Morgan fingerprint density at radius 3 is 2.58 bits per heavy atom. The van der Waals surface area contributed by atoms with E-state index in [1.807, 2.05) is 18.2 Å². The summed E-state index contributed by atoms with van der Waals surface area (Å²) in [6, 6.07) is 23.5. The zero-order valence-electron chi connectivity index (χ0n) is 25.9. The van der Waals surface area contributed by atoms with Gasteiger partial charge in [-0.25, -0.2) is 4.79 Å². The van der Waals surface area contributed by atoms with Crippen molar-refractivity contribution in [3.8, 4) is 11.8 Å². The second-order valence-corrected chi connectivity index (χ2v) is 12.4. The fourth-order valence-electron chi connectivity index (χ4n) is 6.84. The summed E-state index contributed by atoms with van der Waals surface area (Å²) in [6.45, 7) is 6.83. The van der Waals surface area contributed by atoms with E-state index in [0.717, 1.165) is 57.8 Å². The molecule has 234 valence electrons. The summed E-state index contributed by atoms with van der Waals surface area (Å²) in [5, 5.41) is 11.9. The molecule has 10 heteroatoms. The zero-order chi connectivity index (χ0) is 30.9. The number of hydrogen-bond acceptors (Lipinski definition) is 8. The molecule has 3 aliphatic rings. The highest BCUT2D eigenvalue weighted by molar-refractivity contribution is 5.96. The van der Waals surface area contributed by atoms with Crippen LogP contribution in [0.2, 0.25) is 0 Å². The van der Waals surface area contributed by atoms with E-state index in [0.29, 0.717) is 58.0 Å². The monoisotopic (exact) mass is 608 g/mol. The molecular weight excluding hydrogens is 568 g/mol. The molecule has 0 spiro atoms. The van der Waals surface area contributed by atoms with Crippen molar-refractivity contribution in [3.05, 3.63) is 83.6 Å². The average molecular weight is 609 g/mol. The number of rotatable bonds is 8. The molecule has 10 nitrogen and oxygen atoms in total. The Labute approximate surface area is 263 Å². The molecule has 0 bridgehead atoms. The van der Waals surface area contributed by atoms with Gasteiger partial charge in [-0.3, -0.25) is 0 Å². The lowest BCUT2D eigenvalue weighted by Crippen LogP contribution is -2.54. The summed E-state index contributed by atoms with van der Waals surface area (Å²) >= 11 is 0. The third kappa shape index (κ3) is 6.07. The van der Waals surface area contributed by atoms with E-state index in [2.05, 4.69) is 77.2 Å². The Morgan fingerprint density at radius 1 is 0.978 bits per heavy atom. The fourth-order valence-corrected chi connectivity index (χ4v) is 6.84. The summed E-state index contributed by atoms with van der Waals surface area (Å²) < 4.78 is 12.6. The van der Waals surface area contributed by atoms with Gasteiger partial charge in [0.2, 0.25) is 0 Å². The van der Waals surface area contributed by atoms with Crippen molar-refractivity contribution >= 4 is 28.4 Å². The summed E-state index contributed by atoms with van der Waals surface area (Å²) in [6.07, 6.45) is 1.39. The van der Waals surface area contributed by atoms with Gasteiger partial charge in [0.25, 0.3) is 0 Å². The van der Waals surface area contributed by atoms with Crippen LogP contribution >= 0.6 is 0 Å². The fraction of sp³-hybridized carbons (Fsp3) is 0.400. The van der Waals surface area contributed by atoms with Gasteiger partial charge in [0.05, 0.1) is 12.2 Å². The molecule has 1 N–H and O–H groups in total. The number of carboxylic acid groups (broad SMARTS) is 1. The van der Waals surface area contributed by atoms with Gasteiger partial charge in [0.15, 0.2) is 0 Å². The van der Waals surface area contributed by atoms with E-state index in [9.17, 15) is 9.90 Å². The quantitative estimate of drug-likeness (QED) is 0.283. The number of hydrogen-bond donors (Lipinski definition) is 1. The Morgan fingerprint density at radius 2 is 1.80 bits per heavy atom. The largest absolute Gasteiger partial charge is 0.489 e. The summed E-state index contributed by atoms with van der Waals surface area (Å²) in [5.74, 6) is 1.66. The molecule has 3 aromatic carbocycles. The van der Waals surface area contributed by atoms with Crippen molar-refractivity contribution < 1.29 is 19.4 Å². The van der Waals surface area contributed by atoms with Crippen molar-refractivity contribution in [3.63, 3.8) is 0 Å². The topological polar surface area (TPSA) is 94.5 Å². The number of aromatic nitrogens is 2. The van der Waals surface area contributed by atoms with E-state index in [-0.39, 0.29) is 6.04 Å². The molecule has 1 aromatic heterocycles. The van der Waals surface area contributed by atoms with Gasteiger partial charge in [-0.15, -0.1) is 0 Å². The van der Waals surface area contributed by atoms with E-state index in [1.165, 1.54) is 11.3 Å². The van der Waals surface area contributed by atoms with Gasteiger partial charge < -0.3 is 34.2 Å². The number of benzene rings is 3. The van der Waals surface area contributed by atoms with Crippen LogP contribution in [0.5, 0.6) is 11.8 Å². The standard InChI is InChI=1S/C35H40N6O4/c1-24-19-39(35(42)43)15-16-41(24)33-30-20-40(21-31(30)36-34(37-33)45-23-27-12-8-14-38(27)2)32-18-28(17-26-11-6-7-13-29(26)32)44-22-25-9-4-3-5-10-25/h3-7,9-11,13,17-18,24,27H,8,12,14-16,19-23H2,1-2H3,(H,42,43)/t24?,27-/m0/s1. The maximum absolute atomic E-state index is 11.7. The van der Waals surface area contributed by atoms with Crippen LogP contribution in [0.1, 0.15) is 36.6 Å². The van der Waals surface area contributed by atoms with E-state index < -0.39 is 6.09 Å². The van der Waals surface area contributed by atoms with Crippen LogP contribution < -0.4 is 19.3 Å². The molecule has 2 atom stereocenters. The second kappa shape index (κ2) is 12.4. The van der Waals surface area contributed by atoms with Crippen molar-refractivity contribution in [1.82, 2.24) is 19.8 Å². The van der Waals surface area contributed by atoms with Gasteiger partial charge >= 0.3 is 12.1 Å². The van der Waals surface area contributed by atoms with Crippen molar-refractivity contribution in [2.24, 2.45) is 0 Å². The molecule has 4 aromatic rings. The Bertz CT molecular complexity index is 1680. The number of ether oxygens (including phenoxy) is 2. The molecule has 2 saturated heterocycles. The number of anilines is 2. The van der Waals surface area contributed by atoms with E-state index in [4.69, 9.17) is 19.4 Å². The Balaban J connectivity index is 1.21. The minimum Gasteiger partial charge on any atom is -0.489 e. The number of piperazine rings is 1. The molecule has 3 aliphatic heterocycles. The SMILES string of the molecule is CC1CN(C(=O)O)CCN1c1nc(OC[C@@H]2CCCN2C)nc2c1CN(c1cc(OCc3ccccc3)cc3ccccc13)C2. The van der Waals surface area contributed by atoms with Crippen molar-refractivity contribution in [2.45, 2.75) is 51.5 Å². The van der Waals surface area contributed by atoms with Gasteiger partial charge in [0.1, 0.15) is 24.8 Å². The van der Waals surface area contributed by atoms with Crippen LogP contribution in [0.15, 0.2) is 66.7 Å². The smallest absolute Gasteiger partial charge is 0.407 e. The van der Waals surface area contributed by atoms with Gasteiger partial charge in [0, 0.05) is 61.0 Å². The lowest BCUT2D eigenvalue weighted by atomic mass is 10.1. The van der Waals surface area contributed by atoms with E-state index in [1.54, 1.807) is 0 Å². The zero-order valence-corrected chi connectivity index (χ0v) is 25.9. The maximum Gasteiger partial charge on any atom is 0.407 e. The third-order valence-electron chi connectivity index (χ3n) is 9.39. The first kappa shape index (κ1) is 29.2. The highest BCUT2D eigenvalue weighted by atomic mass is 16.5. The number of nitrogens with zero attached hydrogens (tertiary/aromatic N) is 6. The van der Waals surface area contributed by atoms with E-state index >= 15 is 0 Å². The molecule has 0 radical (unpaired) electrons. The molecule has 1 unspecified atom stereocenters. The van der Waals surface area contributed by atoms with Crippen LogP contribution in [0.3, 0.4) is 0 Å². The Kier molecular flexibility index (Phi) is 8.06. The number of fused-ring (bicyclic) bond motifs is 2. The number of likely N-dealkylation sites (N-methyl/N-ethyl adjacent to an activating group) is 1. The molecule has 4 heterocycles. The lowest BCUT2D eigenvalue weighted by Gasteiger charge is -2.40. The normalized spacial score (nSPS) is 20.1. The molecule has 0 saturated carbocycles. The van der Waals surface area contributed by atoms with Crippen LogP contribution in [0, 0.1) is 0 Å². The van der Waals surface area contributed by atoms with Crippen LogP contribution in [-0.2, 0) is 19.7 Å². The molecule has 1 amide bonds. The van der Waals surface area contributed by atoms with Gasteiger partial charge in [-0.1, -0.05) is 54.6 Å². The highest BCUT2D eigenvalue weighted by Gasteiger charge is 2.34.